The van der Waals surface area contributed by atoms with Gasteiger partial charge in [0.25, 0.3) is 0 Å². The van der Waals surface area contributed by atoms with Crippen molar-refractivity contribution in [3.63, 3.8) is 0 Å². The van der Waals surface area contributed by atoms with Gasteiger partial charge in [0.2, 0.25) is 11.8 Å². The zero-order valence-corrected chi connectivity index (χ0v) is 14.1. The molecule has 24 heavy (non-hydrogen) atoms. The van der Waals surface area contributed by atoms with Crippen LogP contribution in [-0.4, -0.2) is 30.4 Å². The van der Waals surface area contributed by atoms with Crippen molar-refractivity contribution in [1.29, 1.82) is 0 Å². The first kappa shape index (κ1) is 18.0. The fourth-order valence-electron chi connectivity index (χ4n) is 3.03. The Kier molecular flexibility index (Phi) is 5.95. The normalized spacial score (nSPS) is 21.0. The molecule has 0 spiro atoms. The molecule has 6 heteroatoms. The van der Waals surface area contributed by atoms with Gasteiger partial charge in [-0.15, -0.1) is 0 Å². The van der Waals surface area contributed by atoms with Crippen LogP contribution in [0.4, 0.5) is 0 Å². The molecule has 0 aliphatic carbocycles. The number of ether oxygens (including phenoxy) is 1. The van der Waals surface area contributed by atoms with Gasteiger partial charge in [0.15, 0.2) is 6.04 Å². The number of benzene rings is 1. The molecule has 0 saturated carbocycles. The molecule has 1 aliphatic rings. The molecule has 0 unspecified atom stereocenters. The van der Waals surface area contributed by atoms with Gasteiger partial charge in [-0.1, -0.05) is 37.3 Å². The summed E-state index contributed by atoms with van der Waals surface area (Å²) in [7, 11) is 1.30. The highest BCUT2D eigenvalue weighted by atomic mass is 16.5. The van der Waals surface area contributed by atoms with Crippen molar-refractivity contribution in [3.8, 4) is 0 Å². The third kappa shape index (κ3) is 4.34. The van der Waals surface area contributed by atoms with Crippen LogP contribution >= 0.6 is 0 Å². The van der Waals surface area contributed by atoms with E-state index in [-0.39, 0.29) is 23.8 Å². The molecule has 1 aromatic carbocycles. The highest BCUT2D eigenvalue weighted by molar-refractivity contribution is 5.85. The Labute approximate surface area is 142 Å². The van der Waals surface area contributed by atoms with Crippen LogP contribution in [-0.2, 0) is 19.1 Å². The van der Waals surface area contributed by atoms with E-state index in [4.69, 9.17) is 4.74 Å². The predicted molar refractivity (Wildman–Crippen MR) is 89.0 cm³/mol. The minimum atomic E-state index is -0.820. The number of methoxy groups -OCH3 is 1. The third-order valence-corrected chi connectivity index (χ3v) is 4.62. The van der Waals surface area contributed by atoms with Crippen molar-refractivity contribution in [2.75, 3.05) is 7.11 Å². The number of rotatable bonds is 7. The van der Waals surface area contributed by atoms with E-state index in [2.05, 4.69) is 10.6 Å². The molecule has 2 atom stereocenters. The molecule has 2 rings (SSSR count). The maximum atomic E-state index is 12.3. The average Bonchev–Trinajstić information content (AvgIpc) is 2.99. The summed E-state index contributed by atoms with van der Waals surface area (Å²) in [5.41, 5.74) is 0.374. The summed E-state index contributed by atoms with van der Waals surface area (Å²) in [5, 5.41) is 5.72. The van der Waals surface area contributed by atoms with Crippen molar-refractivity contribution in [3.05, 3.63) is 35.9 Å². The molecule has 0 radical (unpaired) electrons. The highest BCUT2D eigenvalue weighted by Gasteiger charge is 2.36. The van der Waals surface area contributed by atoms with E-state index in [0.717, 1.165) is 12.8 Å². The smallest absolute Gasteiger partial charge is 0.333 e. The second kappa shape index (κ2) is 7.95. The molecule has 1 aromatic rings. The lowest BCUT2D eigenvalue weighted by atomic mass is 9.88. The van der Waals surface area contributed by atoms with Crippen LogP contribution in [0, 0.1) is 0 Å². The van der Waals surface area contributed by atoms with Crippen LogP contribution in [0.3, 0.4) is 0 Å². The lowest BCUT2D eigenvalue weighted by molar-refractivity contribution is -0.145. The zero-order valence-electron chi connectivity index (χ0n) is 14.1. The maximum absolute atomic E-state index is 12.3. The van der Waals surface area contributed by atoms with Crippen LogP contribution < -0.4 is 10.6 Å². The molecule has 6 nitrogen and oxygen atoms in total. The summed E-state index contributed by atoms with van der Waals surface area (Å²) in [5.74, 6) is -0.703. The fraction of sp³-hybridized carbons (Fsp3) is 0.500. The first-order valence-electron chi connectivity index (χ1n) is 8.23. The van der Waals surface area contributed by atoms with Crippen LogP contribution in [0.25, 0.3) is 0 Å². The van der Waals surface area contributed by atoms with Gasteiger partial charge in [-0.05, 0) is 24.8 Å². The standard InChI is InChI=1S/C18H24N2O4/c1-3-18(12-10-15(22)20-18)11-9-14(21)19-16(17(23)24-2)13-7-5-4-6-8-13/h4-8,16H,3,9-12H2,1-2H3,(H,19,21)(H,20,22)/t16-,18-/m0/s1. The van der Waals surface area contributed by atoms with E-state index in [0.29, 0.717) is 18.4 Å². The molecule has 130 valence electrons. The molecular formula is C18H24N2O4. The molecule has 0 bridgehead atoms. The van der Waals surface area contributed by atoms with Crippen LogP contribution in [0.15, 0.2) is 30.3 Å². The van der Waals surface area contributed by atoms with E-state index in [1.54, 1.807) is 24.3 Å². The van der Waals surface area contributed by atoms with E-state index in [1.165, 1.54) is 7.11 Å². The van der Waals surface area contributed by atoms with Gasteiger partial charge in [0, 0.05) is 18.4 Å². The quantitative estimate of drug-likeness (QED) is 0.747. The van der Waals surface area contributed by atoms with Gasteiger partial charge >= 0.3 is 5.97 Å². The van der Waals surface area contributed by atoms with Crippen molar-refractivity contribution >= 4 is 17.8 Å². The number of esters is 1. The molecular weight excluding hydrogens is 308 g/mol. The first-order chi connectivity index (χ1) is 11.5. The fourth-order valence-corrected chi connectivity index (χ4v) is 3.03. The number of amides is 2. The molecule has 1 fully saturated rings. The number of hydrogen-bond donors (Lipinski definition) is 2. The average molecular weight is 332 g/mol. The summed E-state index contributed by atoms with van der Waals surface area (Å²) < 4.78 is 4.79. The summed E-state index contributed by atoms with van der Waals surface area (Å²) in [4.78, 5) is 35.8. The van der Waals surface area contributed by atoms with E-state index in [9.17, 15) is 14.4 Å². The van der Waals surface area contributed by atoms with Gasteiger partial charge < -0.3 is 15.4 Å². The van der Waals surface area contributed by atoms with Crippen LogP contribution in [0.1, 0.15) is 50.6 Å². The van der Waals surface area contributed by atoms with Crippen molar-refractivity contribution in [2.45, 2.75) is 50.6 Å². The van der Waals surface area contributed by atoms with Crippen molar-refractivity contribution in [2.24, 2.45) is 0 Å². The number of carbonyl (C=O) groups excluding carboxylic acids is 3. The van der Waals surface area contributed by atoms with Gasteiger partial charge in [0.1, 0.15) is 0 Å². The molecule has 0 aromatic heterocycles. The van der Waals surface area contributed by atoms with Crippen molar-refractivity contribution < 1.29 is 19.1 Å². The summed E-state index contributed by atoms with van der Waals surface area (Å²) in [6, 6.07) is 8.17. The number of carbonyl (C=O) groups is 3. The molecule has 1 heterocycles. The summed E-state index contributed by atoms with van der Waals surface area (Å²) in [6.45, 7) is 2.00. The van der Waals surface area contributed by atoms with Gasteiger partial charge in [-0.2, -0.15) is 0 Å². The van der Waals surface area contributed by atoms with E-state index in [1.807, 2.05) is 13.0 Å². The number of hydrogen-bond acceptors (Lipinski definition) is 4. The van der Waals surface area contributed by atoms with Gasteiger partial charge in [-0.25, -0.2) is 4.79 Å². The molecule has 1 aliphatic heterocycles. The minimum absolute atomic E-state index is 0.0361. The molecule has 2 N–H and O–H groups in total. The largest absolute Gasteiger partial charge is 0.467 e. The van der Waals surface area contributed by atoms with Gasteiger partial charge in [0.05, 0.1) is 7.11 Å². The Morgan fingerprint density at radius 2 is 2.04 bits per heavy atom. The lowest BCUT2D eigenvalue weighted by Gasteiger charge is -2.27. The zero-order chi connectivity index (χ0) is 17.6. The maximum Gasteiger partial charge on any atom is 0.333 e. The first-order valence-corrected chi connectivity index (χ1v) is 8.23. The van der Waals surface area contributed by atoms with Crippen molar-refractivity contribution in [1.82, 2.24) is 10.6 Å². The van der Waals surface area contributed by atoms with E-state index >= 15 is 0 Å². The van der Waals surface area contributed by atoms with E-state index < -0.39 is 12.0 Å². The van der Waals surface area contributed by atoms with Crippen LogP contribution in [0.2, 0.25) is 0 Å². The lowest BCUT2D eigenvalue weighted by Crippen LogP contribution is -2.42. The minimum Gasteiger partial charge on any atom is -0.467 e. The Hall–Kier alpha value is -2.37. The second-order valence-corrected chi connectivity index (χ2v) is 6.12. The topological polar surface area (TPSA) is 84.5 Å². The van der Waals surface area contributed by atoms with Gasteiger partial charge in [-0.3, -0.25) is 9.59 Å². The predicted octanol–water partition coefficient (Wildman–Crippen LogP) is 1.86. The molecule has 2 amide bonds. The Balaban J connectivity index is 1.98. The number of nitrogens with one attached hydrogen (secondary N) is 2. The summed E-state index contributed by atoms with van der Waals surface area (Å²) >= 11 is 0. The second-order valence-electron chi connectivity index (χ2n) is 6.12. The SMILES string of the molecule is CC[C@]1(CCC(=O)N[C@H](C(=O)OC)c2ccccc2)CCC(=O)N1. The highest BCUT2D eigenvalue weighted by Crippen LogP contribution is 2.28. The Morgan fingerprint density at radius 3 is 2.58 bits per heavy atom. The summed E-state index contributed by atoms with van der Waals surface area (Å²) in [6.07, 6.45) is 2.84. The van der Waals surface area contributed by atoms with Crippen LogP contribution in [0.5, 0.6) is 0 Å². The Bertz CT molecular complexity index is 602. The third-order valence-electron chi connectivity index (χ3n) is 4.62. The molecule has 1 saturated heterocycles. The monoisotopic (exact) mass is 332 g/mol. The Morgan fingerprint density at radius 1 is 1.33 bits per heavy atom.